The maximum atomic E-state index is 13.1. The minimum atomic E-state index is -3.87. The maximum absolute atomic E-state index is 13.1. The van der Waals surface area contributed by atoms with Crippen molar-refractivity contribution in [3.8, 4) is 0 Å². The third kappa shape index (κ3) is 5.68. The second kappa shape index (κ2) is 9.87. The fraction of sp³-hybridized carbons (Fsp3) is 0.240. The zero-order valence-electron chi connectivity index (χ0n) is 17.8. The first-order valence-electron chi connectivity index (χ1n) is 10.8. The summed E-state index contributed by atoms with van der Waals surface area (Å²) in [5.74, 6) is -0.253. The lowest BCUT2D eigenvalue weighted by molar-refractivity contribution is 0.0937. The third-order valence-electron chi connectivity index (χ3n) is 5.53. The van der Waals surface area contributed by atoms with E-state index in [2.05, 4.69) is 15.4 Å². The minimum Gasteiger partial charge on any atom is -0.381 e. The highest BCUT2D eigenvalue weighted by atomic mass is 32.2. The molecule has 1 saturated carbocycles. The number of benzene rings is 3. The topological polar surface area (TPSA) is 87.3 Å². The van der Waals surface area contributed by atoms with Gasteiger partial charge in [-0.15, -0.1) is 0 Å². The Morgan fingerprint density at radius 2 is 1.50 bits per heavy atom. The number of carbonyl (C=O) groups excluding carboxylic acids is 1. The molecule has 3 aromatic rings. The van der Waals surface area contributed by atoms with Crippen LogP contribution in [0, 0.1) is 0 Å². The molecule has 0 atom stereocenters. The van der Waals surface area contributed by atoms with Gasteiger partial charge in [-0.3, -0.25) is 9.52 Å². The second-order valence-corrected chi connectivity index (χ2v) is 9.69. The van der Waals surface area contributed by atoms with Gasteiger partial charge in [0.15, 0.2) is 0 Å². The molecule has 0 bridgehead atoms. The van der Waals surface area contributed by atoms with E-state index >= 15 is 0 Å². The number of sulfonamides is 1. The Labute approximate surface area is 189 Å². The first kappa shape index (κ1) is 21.9. The van der Waals surface area contributed by atoms with Crippen LogP contribution in [-0.2, 0) is 16.6 Å². The molecule has 3 N–H and O–H groups in total. The summed E-state index contributed by atoms with van der Waals surface area (Å²) < 4.78 is 28.7. The molecule has 1 amide bonds. The molecule has 1 aliphatic rings. The monoisotopic (exact) mass is 449 g/mol. The zero-order chi connectivity index (χ0) is 22.4. The van der Waals surface area contributed by atoms with Crippen molar-refractivity contribution in [3.63, 3.8) is 0 Å². The SMILES string of the molecule is O=C(NC1CCCC1)c1cc(NCc2ccccc2)cc(S(=O)(=O)Nc2ccccc2)c1. The van der Waals surface area contributed by atoms with E-state index in [9.17, 15) is 13.2 Å². The molecular formula is C25H27N3O3S. The molecule has 0 spiro atoms. The Bertz CT molecular complexity index is 1160. The molecule has 1 aliphatic carbocycles. The molecule has 0 aliphatic heterocycles. The summed E-state index contributed by atoms with van der Waals surface area (Å²) in [4.78, 5) is 12.9. The van der Waals surface area contributed by atoms with Crippen molar-refractivity contribution in [3.05, 3.63) is 90.0 Å². The predicted molar refractivity (Wildman–Crippen MR) is 127 cm³/mol. The number of nitrogens with one attached hydrogen (secondary N) is 3. The lowest BCUT2D eigenvalue weighted by Crippen LogP contribution is -2.32. The molecule has 7 heteroatoms. The van der Waals surface area contributed by atoms with Gasteiger partial charge in [0.05, 0.1) is 4.90 Å². The lowest BCUT2D eigenvalue weighted by atomic mass is 10.1. The van der Waals surface area contributed by atoms with E-state index in [1.807, 2.05) is 36.4 Å². The maximum Gasteiger partial charge on any atom is 0.261 e. The Morgan fingerprint density at radius 1 is 0.844 bits per heavy atom. The van der Waals surface area contributed by atoms with Gasteiger partial charge in [0, 0.05) is 29.5 Å². The summed E-state index contributed by atoms with van der Waals surface area (Å²) in [5, 5.41) is 6.30. The van der Waals surface area contributed by atoms with Crippen LogP contribution in [0.1, 0.15) is 41.6 Å². The number of amides is 1. The van der Waals surface area contributed by atoms with Crippen molar-refractivity contribution in [2.24, 2.45) is 0 Å². The molecule has 0 radical (unpaired) electrons. The average molecular weight is 450 g/mol. The van der Waals surface area contributed by atoms with Crippen LogP contribution < -0.4 is 15.4 Å². The highest BCUT2D eigenvalue weighted by molar-refractivity contribution is 7.92. The van der Waals surface area contributed by atoms with Crippen LogP contribution in [0.2, 0.25) is 0 Å². The van der Waals surface area contributed by atoms with Crippen LogP contribution >= 0.6 is 0 Å². The van der Waals surface area contributed by atoms with Crippen molar-refractivity contribution in [1.29, 1.82) is 0 Å². The summed E-state index contributed by atoms with van der Waals surface area (Å²) in [6.45, 7) is 0.514. The minimum absolute atomic E-state index is 0.0380. The molecule has 1 fully saturated rings. The average Bonchev–Trinajstić information content (AvgIpc) is 3.31. The zero-order valence-corrected chi connectivity index (χ0v) is 18.6. The Balaban J connectivity index is 1.62. The van der Waals surface area contributed by atoms with Gasteiger partial charge in [0.25, 0.3) is 15.9 Å². The second-order valence-electron chi connectivity index (χ2n) is 8.01. The molecule has 0 heterocycles. The quantitative estimate of drug-likeness (QED) is 0.462. The van der Waals surface area contributed by atoms with E-state index < -0.39 is 10.0 Å². The number of hydrogen-bond donors (Lipinski definition) is 3. The lowest BCUT2D eigenvalue weighted by Gasteiger charge is -2.15. The van der Waals surface area contributed by atoms with Gasteiger partial charge in [-0.25, -0.2) is 8.42 Å². The molecule has 6 nitrogen and oxygen atoms in total. The number of para-hydroxylation sites is 1. The molecule has 0 unspecified atom stereocenters. The first-order chi connectivity index (χ1) is 15.5. The molecule has 166 valence electrons. The van der Waals surface area contributed by atoms with Gasteiger partial charge in [0.2, 0.25) is 0 Å². The number of rotatable bonds is 8. The van der Waals surface area contributed by atoms with E-state index in [1.165, 1.54) is 6.07 Å². The van der Waals surface area contributed by atoms with Crippen LogP contribution in [0.25, 0.3) is 0 Å². The summed E-state index contributed by atoms with van der Waals surface area (Å²) >= 11 is 0. The summed E-state index contributed by atoms with van der Waals surface area (Å²) in [5.41, 5.74) is 2.41. The fourth-order valence-electron chi connectivity index (χ4n) is 3.85. The highest BCUT2D eigenvalue weighted by Gasteiger charge is 2.21. The van der Waals surface area contributed by atoms with Crippen molar-refractivity contribution >= 4 is 27.3 Å². The van der Waals surface area contributed by atoms with Crippen molar-refractivity contribution in [1.82, 2.24) is 5.32 Å². The molecule has 3 aromatic carbocycles. The van der Waals surface area contributed by atoms with Gasteiger partial charge in [-0.1, -0.05) is 61.4 Å². The summed E-state index contributed by atoms with van der Waals surface area (Å²) in [6, 6.07) is 23.3. The molecule has 0 aromatic heterocycles. The van der Waals surface area contributed by atoms with Crippen molar-refractivity contribution < 1.29 is 13.2 Å². The molecule has 4 rings (SSSR count). The Morgan fingerprint density at radius 3 is 2.19 bits per heavy atom. The van der Waals surface area contributed by atoms with Gasteiger partial charge in [0.1, 0.15) is 0 Å². The van der Waals surface area contributed by atoms with Crippen LogP contribution in [0.5, 0.6) is 0 Å². The smallest absolute Gasteiger partial charge is 0.261 e. The standard InChI is InChI=1S/C25H27N3O3S/c29-25(27-21-11-7-8-12-21)20-15-23(26-18-19-9-3-1-4-10-19)17-24(16-20)32(30,31)28-22-13-5-2-6-14-22/h1-6,9-10,13-17,21,26,28H,7-8,11-12,18H2,(H,27,29). The summed E-state index contributed by atoms with van der Waals surface area (Å²) in [7, 11) is -3.87. The van der Waals surface area contributed by atoms with Crippen molar-refractivity contribution in [2.45, 2.75) is 43.2 Å². The van der Waals surface area contributed by atoms with Crippen LogP contribution in [0.3, 0.4) is 0 Å². The normalized spacial score (nSPS) is 14.1. The first-order valence-corrected chi connectivity index (χ1v) is 12.3. The van der Waals surface area contributed by atoms with Gasteiger partial charge < -0.3 is 10.6 Å². The predicted octanol–water partition coefficient (Wildman–Crippen LogP) is 4.77. The van der Waals surface area contributed by atoms with Crippen LogP contribution in [0.15, 0.2) is 83.8 Å². The van der Waals surface area contributed by atoms with E-state index in [0.29, 0.717) is 23.5 Å². The third-order valence-corrected chi connectivity index (χ3v) is 6.90. The van der Waals surface area contributed by atoms with E-state index in [4.69, 9.17) is 0 Å². The van der Waals surface area contributed by atoms with E-state index in [1.54, 1.807) is 36.4 Å². The highest BCUT2D eigenvalue weighted by Crippen LogP contribution is 2.24. The Kier molecular flexibility index (Phi) is 6.75. The van der Waals surface area contributed by atoms with E-state index in [0.717, 1.165) is 31.2 Å². The van der Waals surface area contributed by atoms with Gasteiger partial charge >= 0.3 is 0 Å². The van der Waals surface area contributed by atoms with Gasteiger partial charge in [-0.05, 0) is 48.7 Å². The molecule has 32 heavy (non-hydrogen) atoms. The molecular weight excluding hydrogens is 422 g/mol. The molecule has 0 saturated heterocycles. The summed E-state index contributed by atoms with van der Waals surface area (Å²) in [6.07, 6.45) is 4.12. The van der Waals surface area contributed by atoms with E-state index in [-0.39, 0.29) is 16.8 Å². The van der Waals surface area contributed by atoms with Crippen LogP contribution in [0.4, 0.5) is 11.4 Å². The number of carbonyl (C=O) groups is 1. The van der Waals surface area contributed by atoms with Crippen molar-refractivity contribution in [2.75, 3.05) is 10.0 Å². The number of anilines is 2. The van der Waals surface area contributed by atoms with Crippen LogP contribution in [-0.4, -0.2) is 20.4 Å². The van der Waals surface area contributed by atoms with Gasteiger partial charge in [-0.2, -0.15) is 0 Å². The number of hydrogen-bond acceptors (Lipinski definition) is 4. The Hall–Kier alpha value is -3.32. The largest absolute Gasteiger partial charge is 0.381 e. The fourth-order valence-corrected chi connectivity index (χ4v) is 4.97.